The number of benzene rings is 1. The molecule has 1 saturated carbocycles. The van der Waals surface area contributed by atoms with Gasteiger partial charge in [0.1, 0.15) is 5.76 Å². The zero-order valence-electron chi connectivity index (χ0n) is 15.0. The molecule has 0 radical (unpaired) electrons. The van der Waals surface area contributed by atoms with E-state index in [2.05, 4.69) is 26.1 Å². The normalized spacial score (nSPS) is 18.8. The molecule has 2 aromatic rings. The van der Waals surface area contributed by atoms with Gasteiger partial charge in [0.15, 0.2) is 0 Å². The molecule has 1 aromatic carbocycles. The van der Waals surface area contributed by atoms with Crippen molar-refractivity contribution in [1.82, 2.24) is 15.2 Å². The Bertz CT molecular complexity index is 792. The van der Waals surface area contributed by atoms with E-state index in [-0.39, 0.29) is 11.8 Å². The van der Waals surface area contributed by atoms with E-state index in [4.69, 9.17) is 9.40 Å². The zero-order valence-corrected chi connectivity index (χ0v) is 16.6. The molecule has 0 spiro atoms. The van der Waals surface area contributed by atoms with E-state index in [0.29, 0.717) is 11.9 Å². The van der Waals surface area contributed by atoms with E-state index in [1.165, 1.54) is 0 Å². The molecule has 1 saturated heterocycles. The van der Waals surface area contributed by atoms with Crippen molar-refractivity contribution in [3.8, 4) is 11.5 Å². The van der Waals surface area contributed by atoms with Crippen molar-refractivity contribution in [3.63, 3.8) is 0 Å². The van der Waals surface area contributed by atoms with Crippen LogP contribution in [0.25, 0.3) is 11.5 Å². The van der Waals surface area contributed by atoms with Gasteiger partial charge in [-0.15, -0.1) is 0 Å². The van der Waals surface area contributed by atoms with Crippen LogP contribution in [0.5, 0.6) is 0 Å². The zero-order chi connectivity index (χ0) is 18.1. The average molecular weight is 418 g/mol. The van der Waals surface area contributed by atoms with Gasteiger partial charge in [-0.05, 0) is 63.9 Å². The van der Waals surface area contributed by atoms with E-state index in [1.54, 1.807) is 0 Å². The molecule has 2 fully saturated rings. The lowest BCUT2D eigenvalue weighted by atomic mass is 9.95. The molecule has 1 amide bonds. The summed E-state index contributed by atoms with van der Waals surface area (Å²) in [5.41, 5.74) is 1.96. The van der Waals surface area contributed by atoms with Crippen molar-refractivity contribution in [2.75, 3.05) is 13.1 Å². The van der Waals surface area contributed by atoms with Gasteiger partial charge in [0.25, 0.3) is 0 Å². The number of piperidine rings is 1. The molecule has 5 nitrogen and oxygen atoms in total. The highest BCUT2D eigenvalue weighted by molar-refractivity contribution is 9.10. The molecule has 26 heavy (non-hydrogen) atoms. The second-order valence-electron chi connectivity index (χ2n) is 7.37. The maximum absolute atomic E-state index is 12.2. The van der Waals surface area contributed by atoms with E-state index < -0.39 is 0 Å². The molecule has 4 rings (SSSR count). The van der Waals surface area contributed by atoms with E-state index in [0.717, 1.165) is 66.8 Å². The van der Waals surface area contributed by atoms with E-state index in [9.17, 15) is 4.79 Å². The number of halogens is 1. The highest BCUT2D eigenvalue weighted by Crippen LogP contribution is 2.27. The minimum absolute atomic E-state index is 0.169. The van der Waals surface area contributed by atoms with Crippen LogP contribution in [0.3, 0.4) is 0 Å². The van der Waals surface area contributed by atoms with Gasteiger partial charge in [-0.2, -0.15) is 0 Å². The fourth-order valence-electron chi connectivity index (χ4n) is 3.43. The first kappa shape index (κ1) is 17.7. The third kappa shape index (κ3) is 4.18. The molecule has 1 aliphatic heterocycles. The van der Waals surface area contributed by atoms with Crippen molar-refractivity contribution in [1.29, 1.82) is 0 Å². The summed E-state index contributed by atoms with van der Waals surface area (Å²) in [5, 5.41) is 3.13. The predicted molar refractivity (Wildman–Crippen MR) is 104 cm³/mol. The lowest BCUT2D eigenvalue weighted by Crippen LogP contribution is -2.40. The molecule has 1 aliphatic carbocycles. The Morgan fingerprint density at radius 1 is 1.31 bits per heavy atom. The summed E-state index contributed by atoms with van der Waals surface area (Å²) in [6.07, 6.45) is 4.15. The molecule has 0 atom stereocenters. The van der Waals surface area contributed by atoms with Gasteiger partial charge in [0.2, 0.25) is 11.8 Å². The van der Waals surface area contributed by atoms with Crippen molar-refractivity contribution in [2.45, 2.75) is 45.2 Å². The molecule has 1 aromatic heterocycles. The van der Waals surface area contributed by atoms with Crippen molar-refractivity contribution < 1.29 is 9.21 Å². The number of likely N-dealkylation sites (tertiary alicyclic amines) is 1. The van der Waals surface area contributed by atoms with Crippen LogP contribution in [-0.2, 0) is 11.3 Å². The monoisotopic (exact) mass is 417 g/mol. The van der Waals surface area contributed by atoms with Crippen LogP contribution in [0, 0.1) is 12.8 Å². The lowest BCUT2D eigenvalue weighted by Gasteiger charge is -2.30. The number of amides is 1. The molecule has 6 heteroatoms. The van der Waals surface area contributed by atoms with Gasteiger partial charge in [-0.3, -0.25) is 9.69 Å². The number of carbonyl (C=O) groups excluding carboxylic acids is 1. The third-order valence-electron chi connectivity index (χ3n) is 5.22. The average Bonchev–Trinajstić information content (AvgIpc) is 3.37. The first-order chi connectivity index (χ1) is 12.6. The minimum Gasteiger partial charge on any atom is -0.441 e. The van der Waals surface area contributed by atoms with Crippen LogP contribution in [0.1, 0.15) is 37.1 Å². The highest BCUT2D eigenvalue weighted by Gasteiger charge is 2.30. The van der Waals surface area contributed by atoms with Crippen LogP contribution >= 0.6 is 15.9 Å². The maximum atomic E-state index is 12.2. The van der Waals surface area contributed by atoms with Crippen LogP contribution in [0.4, 0.5) is 0 Å². The summed E-state index contributed by atoms with van der Waals surface area (Å²) in [6, 6.07) is 8.44. The Morgan fingerprint density at radius 3 is 2.77 bits per heavy atom. The number of nitrogens with zero attached hydrogens (tertiary/aromatic N) is 2. The van der Waals surface area contributed by atoms with Gasteiger partial charge < -0.3 is 9.73 Å². The number of rotatable bonds is 5. The SMILES string of the molecule is Cc1oc(-c2cccc(Br)c2)nc1CN1CCC(C(=O)NC2CC2)CC1. The van der Waals surface area contributed by atoms with Gasteiger partial charge in [0.05, 0.1) is 5.69 Å². The predicted octanol–water partition coefficient (Wildman–Crippen LogP) is 3.90. The van der Waals surface area contributed by atoms with E-state index in [1.807, 2.05) is 31.2 Å². The molecular formula is C20H24BrN3O2. The number of hydrogen-bond donors (Lipinski definition) is 1. The van der Waals surface area contributed by atoms with Crippen molar-refractivity contribution in [3.05, 3.63) is 40.2 Å². The fraction of sp³-hybridized carbons (Fsp3) is 0.500. The molecule has 0 bridgehead atoms. The molecule has 1 N–H and O–H groups in total. The number of hydrogen-bond acceptors (Lipinski definition) is 4. The smallest absolute Gasteiger partial charge is 0.226 e. The fourth-order valence-corrected chi connectivity index (χ4v) is 3.83. The van der Waals surface area contributed by atoms with Gasteiger partial charge in [0, 0.05) is 28.5 Å². The Kier molecular flexibility index (Phi) is 5.14. The number of carbonyl (C=O) groups is 1. The lowest BCUT2D eigenvalue weighted by molar-refractivity contribution is -0.126. The Hall–Kier alpha value is -1.66. The van der Waals surface area contributed by atoms with Gasteiger partial charge >= 0.3 is 0 Å². The third-order valence-corrected chi connectivity index (χ3v) is 5.71. The summed E-state index contributed by atoms with van der Waals surface area (Å²) >= 11 is 3.49. The first-order valence-electron chi connectivity index (χ1n) is 9.33. The quantitative estimate of drug-likeness (QED) is 0.800. The summed E-state index contributed by atoms with van der Waals surface area (Å²) in [4.78, 5) is 19.3. The largest absolute Gasteiger partial charge is 0.441 e. The standard InChI is InChI=1S/C20H24BrN3O2/c1-13-18(23-20(26-13)15-3-2-4-16(21)11-15)12-24-9-7-14(8-10-24)19(25)22-17-5-6-17/h2-4,11,14,17H,5-10,12H2,1H3,(H,22,25). The topological polar surface area (TPSA) is 58.4 Å². The van der Waals surface area contributed by atoms with Crippen LogP contribution in [-0.4, -0.2) is 34.9 Å². The summed E-state index contributed by atoms with van der Waals surface area (Å²) < 4.78 is 6.90. The second-order valence-corrected chi connectivity index (χ2v) is 8.28. The second kappa shape index (κ2) is 7.53. The Labute approximate surface area is 162 Å². The number of aryl methyl sites for hydroxylation is 1. The van der Waals surface area contributed by atoms with Crippen LogP contribution < -0.4 is 5.32 Å². The summed E-state index contributed by atoms with van der Waals surface area (Å²) in [6.45, 7) is 4.61. The van der Waals surface area contributed by atoms with Gasteiger partial charge in [-0.25, -0.2) is 4.98 Å². The Balaban J connectivity index is 1.35. The van der Waals surface area contributed by atoms with Crippen LogP contribution in [0.15, 0.2) is 33.2 Å². The molecule has 0 unspecified atom stereocenters. The van der Waals surface area contributed by atoms with Crippen molar-refractivity contribution >= 4 is 21.8 Å². The molecule has 2 heterocycles. The molecule has 2 aliphatic rings. The van der Waals surface area contributed by atoms with E-state index >= 15 is 0 Å². The first-order valence-corrected chi connectivity index (χ1v) is 10.1. The number of nitrogens with one attached hydrogen (secondary N) is 1. The Morgan fingerprint density at radius 2 is 2.08 bits per heavy atom. The molecule has 138 valence electrons. The van der Waals surface area contributed by atoms with Crippen LogP contribution in [0.2, 0.25) is 0 Å². The van der Waals surface area contributed by atoms with Crippen molar-refractivity contribution in [2.24, 2.45) is 5.92 Å². The molecular weight excluding hydrogens is 394 g/mol. The number of aromatic nitrogens is 1. The summed E-state index contributed by atoms with van der Waals surface area (Å²) in [7, 11) is 0. The maximum Gasteiger partial charge on any atom is 0.226 e. The highest BCUT2D eigenvalue weighted by atomic mass is 79.9. The summed E-state index contributed by atoms with van der Waals surface area (Å²) in [5.74, 6) is 1.95. The minimum atomic E-state index is 0.169. The number of oxazole rings is 1. The van der Waals surface area contributed by atoms with Gasteiger partial charge in [-0.1, -0.05) is 22.0 Å².